The number of benzene rings is 1. The van der Waals surface area contributed by atoms with Crippen LogP contribution in [0.1, 0.15) is 30.2 Å². The van der Waals surface area contributed by atoms with E-state index in [-0.39, 0.29) is 11.9 Å². The predicted octanol–water partition coefficient (Wildman–Crippen LogP) is 4.33. The van der Waals surface area contributed by atoms with Gasteiger partial charge in [-0.3, -0.25) is 15.1 Å². The zero-order chi connectivity index (χ0) is 18.8. The molecule has 0 radical (unpaired) electrons. The summed E-state index contributed by atoms with van der Waals surface area (Å²) in [5.41, 5.74) is 3.35. The van der Waals surface area contributed by atoms with Crippen molar-refractivity contribution in [3.05, 3.63) is 72.8 Å². The van der Waals surface area contributed by atoms with Crippen LogP contribution in [0, 0.1) is 0 Å². The number of amides is 1. The molecule has 0 fully saturated rings. The number of fused-ring (bicyclic) bond motifs is 1. The fourth-order valence-electron chi connectivity index (χ4n) is 3.06. The molecule has 4 rings (SSSR count). The van der Waals surface area contributed by atoms with Crippen LogP contribution in [-0.2, 0) is 0 Å². The lowest BCUT2D eigenvalue weighted by Crippen LogP contribution is -2.14. The lowest BCUT2D eigenvalue weighted by atomic mass is 10.1. The molecule has 0 unspecified atom stereocenters. The van der Waals surface area contributed by atoms with Crippen LogP contribution in [0.25, 0.3) is 22.2 Å². The normalized spacial score (nSPS) is 11.1. The Morgan fingerprint density at radius 3 is 2.67 bits per heavy atom. The number of anilines is 1. The summed E-state index contributed by atoms with van der Waals surface area (Å²) in [6.07, 6.45) is 7.36. The highest BCUT2D eigenvalue weighted by molar-refractivity contribution is 6.03. The van der Waals surface area contributed by atoms with E-state index >= 15 is 0 Å². The number of pyridine rings is 1. The van der Waals surface area contributed by atoms with E-state index in [4.69, 9.17) is 0 Å². The van der Waals surface area contributed by atoms with Crippen LogP contribution in [-0.4, -0.2) is 25.4 Å². The summed E-state index contributed by atoms with van der Waals surface area (Å²) >= 11 is 0. The van der Waals surface area contributed by atoms with Crippen LogP contribution in [0.3, 0.4) is 0 Å². The number of nitrogens with zero attached hydrogens (tertiary/aromatic N) is 4. The van der Waals surface area contributed by atoms with Gasteiger partial charge in [0.2, 0.25) is 5.95 Å². The second-order valence-electron chi connectivity index (χ2n) is 6.52. The van der Waals surface area contributed by atoms with Crippen molar-refractivity contribution < 1.29 is 4.79 Å². The monoisotopic (exact) mass is 357 g/mol. The maximum atomic E-state index is 12.4. The summed E-state index contributed by atoms with van der Waals surface area (Å²) in [7, 11) is 0. The maximum absolute atomic E-state index is 12.4. The van der Waals surface area contributed by atoms with E-state index in [0.29, 0.717) is 11.6 Å². The number of nitrogens with one attached hydrogen (secondary N) is 1. The molecule has 0 aliphatic rings. The third-order valence-corrected chi connectivity index (χ3v) is 4.39. The molecule has 0 saturated heterocycles. The summed E-state index contributed by atoms with van der Waals surface area (Å²) in [5.74, 6) is 0.0439. The average Bonchev–Trinajstić information content (AvgIpc) is 3.09. The molecule has 3 aromatic heterocycles. The molecule has 4 aromatic rings. The van der Waals surface area contributed by atoms with Gasteiger partial charge in [-0.15, -0.1) is 0 Å². The molecule has 3 heterocycles. The van der Waals surface area contributed by atoms with Gasteiger partial charge in [-0.25, -0.2) is 9.97 Å². The molecule has 0 aliphatic carbocycles. The minimum absolute atomic E-state index is 0.235. The van der Waals surface area contributed by atoms with Gasteiger partial charge >= 0.3 is 0 Å². The number of aromatic nitrogens is 4. The molecule has 134 valence electrons. The van der Waals surface area contributed by atoms with Crippen LogP contribution in [0.4, 0.5) is 5.95 Å². The summed E-state index contributed by atoms with van der Waals surface area (Å²) < 4.78 is 2.17. The number of hydrogen-bond donors (Lipinski definition) is 1. The van der Waals surface area contributed by atoms with Crippen LogP contribution in [0.5, 0.6) is 0 Å². The molecule has 0 atom stereocenters. The highest BCUT2D eigenvalue weighted by Crippen LogP contribution is 2.31. The van der Waals surface area contributed by atoms with Crippen molar-refractivity contribution in [2.24, 2.45) is 0 Å². The molecule has 27 heavy (non-hydrogen) atoms. The van der Waals surface area contributed by atoms with Crippen LogP contribution in [0.2, 0.25) is 0 Å². The lowest BCUT2D eigenvalue weighted by molar-refractivity contribution is 0.102. The Labute approximate surface area is 156 Å². The van der Waals surface area contributed by atoms with E-state index in [9.17, 15) is 4.79 Å². The van der Waals surface area contributed by atoms with E-state index < -0.39 is 0 Å². The van der Waals surface area contributed by atoms with Crippen molar-refractivity contribution in [3.8, 4) is 11.3 Å². The summed E-state index contributed by atoms with van der Waals surface area (Å²) in [5, 5.41) is 3.83. The highest BCUT2D eigenvalue weighted by Gasteiger charge is 2.14. The summed E-state index contributed by atoms with van der Waals surface area (Å²) in [6.45, 7) is 4.25. The van der Waals surface area contributed by atoms with Crippen molar-refractivity contribution in [2.75, 3.05) is 5.32 Å². The van der Waals surface area contributed by atoms with E-state index in [0.717, 1.165) is 22.2 Å². The topological polar surface area (TPSA) is 72.7 Å². The Balaban J connectivity index is 1.71. The zero-order valence-corrected chi connectivity index (χ0v) is 15.1. The second-order valence-corrected chi connectivity index (χ2v) is 6.52. The van der Waals surface area contributed by atoms with Crippen LogP contribution < -0.4 is 5.32 Å². The number of hydrogen-bond acceptors (Lipinski definition) is 4. The van der Waals surface area contributed by atoms with Gasteiger partial charge in [0.05, 0.1) is 17.4 Å². The average molecular weight is 357 g/mol. The van der Waals surface area contributed by atoms with Crippen LogP contribution >= 0.6 is 0 Å². The molecule has 6 heteroatoms. The largest absolute Gasteiger partial charge is 0.343 e. The Morgan fingerprint density at radius 1 is 1.07 bits per heavy atom. The first-order valence-corrected chi connectivity index (χ1v) is 8.78. The number of carbonyl (C=O) groups excluding carboxylic acids is 1. The Kier molecular flexibility index (Phi) is 4.38. The van der Waals surface area contributed by atoms with E-state index in [1.807, 2.05) is 36.5 Å². The predicted molar refractivity (Wildman–Crippen MR) is 106 cm³/mol. The van der Waals surface area contributed by atoms with Gasteiger partial charge in [0.1, 0.15) is 0 Å². The van der Waals surface area contributed by atoms with Crippen molar-refractivity contribution in [2.45, 2.75) is 19.9 Å². The summed E-state index contributed by atoms with van der Waals surface area (Å²) in [6, 6.07) is 13.1. The first-order chi connectivity index (χ1) is 13.1. The molecular formula is C21H19N5O. The zero-order valence-electron chi connectivity index (χ0n) is 15.1. The molecule has 6 nitrogen and oxygen atoms in total. The van der Waals surface area contributed by atoms with Crippen molar-refractivity contribution in [1.82, 2.24) is 19.5 Å². The third kappa shape index (κ3) is 3.29. The first-order valence-electron chi connectivity index (χ1n) is 8.78. The number of rotatable bonds is 4. The van der Waals surface area contributed by atoms with E-state index in [2.05, 4.69) is 44.9 Å². The molecule has 0 spiro atoms. The maximum Gasteiger partial charge on any atom is 0.258 e. The quantitative estimate of drug-likeness (QED) is 0.590. The van der Waals surface area contributed by atoms with Gasteiger partial charge in [-0.1, -0.05) is 18.2 Å². The van der Waals surface area contributed by atoms with E-state index in [1.165, 1.54) is 0 Å². The Morgan fingerprint density at radius 2 is 1.89 bits per heavy atom. The van der Waals surface area contributed by atoms with Gasteiger partial charge < -0.3 is 4.57 Å². The van der Waals surface area contributed by atoms with Crippen molar-refractivity contribution in [1.29, 1.82) is 0 Å². The van der Waals surface area contributed by atoms with Crippen molar-refractivity contribution >= 4 is 22.8 Å². The molecular weight excluding hydrogens is 338 g/mol. The molecule has 0 saturated carbocycles. The van der Waals surface area contributed by atoms with Gasteiger partial charge in [0, 0.05) is 41.1 Å². The van der Waals surface area contributed by atoms with Crippen LogP contribution in [0.15, 0.2) is 67.3 Å². The molecule has 1 amide bonds. The van der Waals surface area contributed by atoms with Gasteiger partial charge in [-0.2, -0.15) is 0 Å². The van der Waals surface area contributed by atoms with Gasteiger partial charge in [0.15, 0.2) is 0 Å². The minimum Gasteiger partial charge on any atom is -0.343 e. The van der Waals surface area contributed by atoms with E-state index in [1.54, 1.807) is 24.5 Å². The Hall–Kier alpha value is -3.54. The SMILES string of the molecule is CC(C)n1cc(-c2ccnc(NC(=O)c3ccccc3)n2)c2ccncc21. The Bertz CT molecular complexity index is 1100. The standard InChI is InChI=1S/C21H19N5O/c1-14(2)26-13-17(16-8-10-22-12-19(16)26)18-9-11-23-21(24-18)25-20(27)15-6-4-3-5-7-15/h3-14H,1-2H3,(H,23,24,25,27). The lowest BCUT2D eigenvalue weighted by Gasteiger charge is -2.08. The van der Waals surface area contributed by atoms with Crippen molar-refractivity contribution in [3.63, 3.8) is 0 Å². The first kappa shape index (κ1) is 16.9. The smallest absolute Gasteiger partial charge is 0.258 e. The molecule has 0 aliphatic heterocycles. The molecule has 1 N–H and O–H groups in total. The highest BCUT2D eigenvalue weighted by atomic mass is 16.1. The molecule has 1 aromatic carbocycles. The second kappa shape index (κ2) is 6.99. The molecule has 0 bridgehead atoms. The fraction of sp³-hybridized carbons (Fsp3) is 0.143. The fourth-order valence-corrected chi connectivity index (χ4v) is 3.06. The number of carbonyl (C=O) groups is 1. The summed E-state index contributed by atoms with van der Waals surface area (Å²) in [4.78, 5) is 25.4. The minimum atomic E-state index is -0.235. The van der Waals surface area contributed by atoms with Gasteiger partial charge in [-0.05, 0) is 38.1 Å². The third-order valence-electron chi connectivity index (χ3n) is 4.39. The van der Waals surface area contributed by atoms with Gasteiger partial charge in [0.25, 0.3) is 5.91 Å².